The summed E-state index contributed by atoms with van der Waals surface area (Å²) in [5, 5.41) is 12.8. The number of phenolic OH excluding ortho intramolecular Hbond substituents is 1. The lowest BCUT2D eigenvalue weighted by Crippen LogP contribution is -2.15. The van der Waals surface area contributed by atoms with Crippen LogP contribution >= 0.6 is 0 Å². The molecule has 0 saturated carbocycles. The molecule has 0 atom stereocenters. The first kappa shape index (κ1) is 16.5. The fourth-order valence-electron chi connectivity index (χ4n) is 3.81. The van der Waals surface area contributed by atoms with Crippen LogP contribution in [0.5, 0.6) is 17.2 Å². The van der Waals surface area contributed by atoms with Crippen molar-refractivity contribution in [2.45, 2.75) is 6.92 Å². The first-order valence-corrected chi connectivity index (χ1v) is 8.84. The summed E-state index contributed by atoms with van der Waals surface area (Å²) >= 11 is 0. The molecule has 0 aliphatic carbocycles. The number of aryl methyl sites for hydroxylation is 1. The van der Waals surface area contributed by atoms with E-state index in [9.17, 15) is 9.90 Å². The molecule has 1 aromatic heterocycles. The topological polar surface area (TPSA) is 72.1 Å². The van der Waals surface area contributed by atoms with E-state index in [0.717, 1.165) is 39.4 Å². The minimum atomic E-state index is 0.0845. The highest BCUT2D eigenvalue weighted by Crippen LogP contribution is 2.45. The first-order valence-electron chi connectivity index (χ1n) is 8.84. The Kier molecular flexibility index (Phi) is 3.49. The highest BCUT2D eigenvalue weighted by Gasteiger charge is 2.21. The van der Waals surface area contributed by atoms with E-state index in [2.05, 4.69) is 0 Å². The molecule has 140 valence electrons. The smallest absolute Gasteiger partial charge is 0.231 e. The molecule has 1 aliphatic heterocycles. The third-order valence-electron chi connectivity index (χ3n) is 5.07. The minimum absolute atomic E-state index is 0.0845. The van der Waals surface area contributed by atoms with Crippen molar-refractivity contribution in [1.29, 1.82) is 0 Å². The van der Waals surface area contributed by atoms with Crippen LogP contribution in [0.3, 0.4) is 0 Å². The minimum Gasteiger partial charge on any atom is -0.504 e. The number of aromatic hydroxyl groups is 1. The van der Waals surface area contributed by atoms with Crippen LogP contribution in [0.15, 0.2) is 46.9 Å². The van der Waals surface area contributed by atoms with Gasteiger partial charge in [-0.3, -0.25) is 4.79 Å². The summed E-state index contributed by atoms with van der Waals surface area (Å²) < 4.78 is 16.7. The largest absolute Gasteiger partial charge is 0.504 e. The summed E-state index contributed by atoms with van der Waals surface area (Å²) in [6.45, 7) is 2.02. The second-order valence-corrected chi connectivity index (χ2v) is 6.84. The molecule has 1 aliphatic rings. The van der Waals surface area contributed by atoms with E-state index >= 15 is 0 Å². The zero-order valence-electron chi connectivity index (χ0n) is 15.4. The summed E-state index contributed by atoms with van der Waals surface area (Å²) in [5.74, 6) is 2.13. The monoisotopic (exact) mass is 375 g/mol. The number of hydrogen-bond donors (Lipinski definition) is 1. The third-order valence-corrected chi connectivity index (χ3v) is 5.07. The molecule has 0 saturated heterocycles. The summed E-state index contributed by atoms with van der Waals surface area (Å²) in [4.78, 5) is 13.2. The molecule has 2 heterocycles. The second-order valence-electron chi connectivity index (χ2n) is 6.84. The SMILES string of the molecule is Cc1cc2c(-c3ccc4cc5c(cc4c3N(C)C=O)OCO5)ccc(O)c2o1. The summed E-state index contributed by atoms with van der Waals surface area (Å²) in [5.41, 5.74) is 2.90. The van der Waals surface area contributed by atoms with Gasteiger partial charge in [-0.2, -0.15) is 0 Å². The Morgan fingerprint density at radius 1 is 1.00 bits per heavy atom. The predicted octanol–water partition coefficient (Wildman–Crippen LogP) is 4.59. The maximum atomic E-state index is 11.7. The van der Waals surface area contributed by atoms with E-state index < -0.39 is 0 Å². The van der Waals surface area contributed by atoms with Gasteiger partial charge in [0.25, 0.3) is 0 Å². The number of carbonyl (C=O) groups excluding carboxylic acids is 1. The van der Waals surface area contributed by atoms with Crippen molar-refractivity contribution in [3.63, 3.8) is 0 Å². The Labute approximate surface area is 160 Å². The van der Waals surface area contributed by atoms with Gasteiger partial charge in [-0.05, 0) is 48.2 Å². The van der Waals surface area contributed by atoms with Gasteiger partial charge in [0.15, 0.2) is 22.8 Å². The van der Waals surface area contributed by atoms with Crippen molar-refractivity contribution in [3.8, 4) is 28.4 Å². The van der Waals surface area contributed by atoms with Crippen LogP contribution in [0.1, 0.15) is 5.76 Å². The number of anilines is 1. The maximum absolute atomic E-state index is 11.7. The fraction of sp³-hybridized carbons (Fsp3) is 0.136. The lowest BCUT2D eigenvalue weighted by atomic mass is 9.95. The zero-order valence-corrected chi connectivity index (χ0v) is 15.4. The number of hydrogen-bond acceptors (Lipinski definition) is 5. The van der Waals surface area contributed by atoms with Crippen molar-refractivity contribution in [3.05, 3.63) is 48.2 Å². The zero-order chi connectivity index (χ0) is 19.4. The van der Waals surface area contributed by atoms with Gasteiger partial charge in [-0.1, -0.05) is 12.1 Å². The molecule has 1 N–H and O–H groups in total. The van der Waals surface area contributed by atoms with Gasteiger partial charge in [-0.15, -0.1) is 0 Å². The molecule has 6 heteroatoms. The predicted molar refractivity (Wildman–Crippen MR) is 106 cm³/mol. The average molecular weight is 375 g/mol. The third kappa shape index (κ3) is 2.31. The Morgan fingerprint density at radius 2 is 1.75 bits per heavy atom. The molecule has 0 radical (unpaired) electrons. The number of phenols is 1. The van der Waals surface area contributed by atoms with Crippen molar-refractivity contribution in [2.75, 3.05) is 18.7 Å². The van der Waals surface area contributed by atoms with Crippen molar-refractivity contribution in [2.24, 2.45) is 0 Å². The first-order chi connectivity index (χ1) is 13.6. The van der Waals surface area contributed by atoms with E-state index in [-0.39, 0.29) is 12.5 Å². The van der Waals surface area contributed by atoms with Crippen LogP contribution in [0, 0.1) is 6.92 Å². The summed E-state index contributed by atoms with van der Waals surface area (Å²) in [7, 11) is 1.72. The Balaban J connectivity index is 1.86. The van der Waals surface area contributed by atoms with Gasteiger partial charge in [0.2, 0.25) is 13.2 Å². The Hall–Kier alpha value is -3.67. The Morgan fingerprint density at radius 3 is 2.54 bits per heavy atom. The molecule has 5 rings (SSSR count). The van der Waals surface area contributed by atoms with E-state index in [0.29, 0.717) is 22.8 Å². The molecule has 6 nitrogen and oxygen atoms in total. The number of fused-ring (bicyclic) bond motifs is 3. The number of furan rings is 1. The second kappa shape index (κ2) is 5.92. The summed E-state index contributed by atoms with van der Waals surface area (Å²) in [6.07, 6.45) is 0.779. The quantitative estimate of drug-likeness (QED) is 0.530. The van der Waals surface area contributed by atoms with Gasteiger partial charge < -0.3 is 23.9 Å². The maximum Gasteiger partial charge on any atom is 0.231 e. The van der Waals surface area contributed by atoms with Gasteiger partial charge in [-0.25, -0.2) is 0 Å². The molecular formula is C22H17NO5. The molecule has 0 spiro atoms. The standard InChI is InChI=1S/C22H17NO5/c1-12-7-17-14(5-6-18(25)22(17)28-12)15-4-3-13-8-19-20(27-11-26-19)9-16(13)21(15)23(2)10-24/h3-10,25H,11H2,1-2H3. The molecule has 28 heavy (non-hydrogen) atoms. The highest BCUT2D eigenvalue weighted by molar-refractivity contribution is 6.10. The van der Waals surface area contributed by atoms with Crippen LogP contribution in [0.25, 0.3) is 32.9 Å². The number of carbonyl (C=O) groups is 1. The van der Waals surface area contributed by atoms with E-state index in [1.54, 1.807) is 18.0 Å². The number of ether oxygens (including phenoxy) is 2. The number of nitrogens with zero attached hydrogens (tertiary/aromatic N) is 1. The fourth-order valence-corrected chi connectivity index (χ4v) is 3.81. The van der Waals surface area contributed by atoms with Gasteiger partial charge in [0, 0.05) is 23.4 Å². The molecule has 3 aromatic carbocycles. The molecule has 0 bridgehead atoms. The number of rotatable bonds is 3. The van der Waals surface area contributed by atoms with Crippen molar-refractivity contribution < 1.29 is 23.8 Å². The average Bonchev–Trinajstić information content (AvgIpc) is 3.31. The molecule has 4 aromatic rings. The van der Waals surface area contributed by atoms with Gasteiger partial charge in [0.1, 0.15) is 5.76 Å². The highest BCUT2D eigenvalue weighted by atomic mass is 16.7. The molecule has 1 amide bonds. The Bertz CT molecular complexity index is 1260. The molecule has 0 fully saturated rings. The van der Waals surface area contributed by atoms with Crippen LogP contribution < -0.4 is 14.4 Å². The lowest BCUT2D eigenvalue weighted by molar-refractivity contribution is -0.107. The van der Waals surface area contributed by atoms with Crippen LogP contribution in [-0.2, 0) is 4.79 Å². The molecule has 0 unspecified atom stereocenters. The van der Waals surface area contributed by atoms with Crippen molar-refractivity contribution in [1.82, 2.24) is 0 Å². The van der Waals surface area contributed by atoms with E-state index in [4.69, 9.17) is 13.9 Å². The lowest BCUT2D eigenvalue weighted by Gasteiger charge is -2.20. The summed E-state index contributed by atoms with van der Waals surface area (Å²) in [6, 6.07) is 13.1. The van der Waals surface area contributed by atoms with Crippen LogP contribution in [0.2, 0.25) is 0 Å². The number of amides is 1. The van der Waals surface area contributed by atoms with Gasteiger partial charge in [0.05, 0.1) is 5.69 Å². The normalized spacial score (nSPS) is 12.6. The molecular weight excluding hydrogens is 358 g/mol. The van der Waals surface area contributed by atoms with Gasteiger partial charge >= 0.3 is 0 Å². The number of benzene rings is 3. The van der Waals surface area contributed by atoms with Crippen LogP contribution in [-0.4, -0.2) is 25.4 Å². The van der Waals surface area contributed by atoms with Crippen LogP contribution in [0.4, 0.5) is 5.69 Å². The van der Waals surface area contributed by atoms with E-state index in [1.165, 1.54) is 0 Å². The van der Waals surface area contributed by atoms with E-state index in [1.807, 2.05) is 43.3 Å². The van der Waals surface area contributed by atoms with Crippen molar-refractivity contribution >= 4 is 33.8 Å².